The van der Waals surface area contributed by atoms with E-state index >= 15 is 0 Å². The van der Waals surface area contributed by atoms with Crippen molar-refractivity contribution >= 4 is 28.9 Å². The average molecular weight is 350 g/mol. The fourth-order valence-corrected chi connectivity index (χ4v) is 0. The number of aliphatic hydroxyl groups excluding tert-OH is 2. The summed E-state index contributed by atoms with van der Waals surface area (Å²) in [5.74, 6) is -9.20. The molecule has 0 aromatic heterocycles. The minimum atomic E-state index is -4.67. The van der Waals surface area contributed by atoms with Crippen molar-refractivity contribution in [2.45, 2.75) is 23.6 Å². The highest BCUT2D eigenvalue weighted by molar-refractivity contribution is 7.79. The van der Waals surface area contributed by atoms with E-state index < -0.39 is 34.0 Å². The molecule has 0 amide bonds. The van der Waals surface area contributed by atoms with Crippen LogP contribution in [0.5, 0.6) is 0 Å². The molecule has 0 aliphatic carbocycles. The van der Waals surface area contributed by atoms with Gasteiger partial charge in [0.15, 0.2) is 0 Å². The maximum Gasteiger partial charge on any atom is 0.394 e. The normalized spacial score (nSPS) is 15.4. The first kappa shape index (κ1) is 24.4. The van der Waals surface area contributed by atoms with E-state index in [1.54, 1.807) is 18.5 Å². The van der Waals surface area contributed by atoms with Crippen LogP contribution < -0.4 is 0 Å². The van der Waals surface area contributed by atoms with Crippen molar-refractivity contribution in [3.05, 3.63) is 0 Å². The van der Waals surface area contributed by atoms with Crippen molar-refractivity contribution in [1.29, 1.82) is 0 Å². The van der Waals surface area contributed by atoms with E-state index in [0.29, 0.717) is 0 Å². The van der Waals surface area contributed by atoms with Gasteiger partial charge in [-0.1, -0.05) is 18.5 Å². The molecule has 0 fully saturated rings. The molecule has 4 atom stereocenters. The van der Waals surface area contributed by atoms with Crippen LogP contribution in [0.4, 0.5) is 0 Å². The Bertz CT molecular complexity index is 286. The molecule has 0 saturated carbocycles. The van der Waals surface area contributed by atoms with E-state index in [1.807, 2.05) is 0 Å². The summed E-state index contributed by atoms with van der Waals surface area (Å²) < 4.78 is 31.6. The van der Waals surface area contributed by atoms with Gasteiger partial charge in [0, 0.05) is 0 Å². The van der Waals surface area contributed by atoms with Gasteiger partial charge in [0.05, 0.1) is 0 Å². The summed E-state index contributed by atoms with van der Waals surface area (Å²) in [5.41, 5.74) is 0. The lowest BCUT2D eigenvalue weighted by Gasteiger charge is -2.15. The SMILES string of the molecule is O=S(=O)(O)O.OC(P)C(O)(O)O.OC(P)C(O)(O)O. The van der Waals surface area contributed by atoms with Gasteiger partial charge in [-0.15, -0.1) is 0 Å². The van der Waals surface area contributed by atoms with Crippen molar-refractivity contribution in [2.75, 3.05) is 0 Å². The molecule has 12 nitrogen and oxygen atoms in total. The molecule has 0 radical (unpaired) electrons. The lowest BCUT2D eigenvalue weighted by Crippen LogP contribution is -2.37. The van der Waals surface area contributed by atoms with Gasteiger partial charge in [0.25, 0.3) is 0 Å². The standard InChI is InChI=1S/2C2H7O4P.H2O4S/c2*3-1(7)2(4,5)6;1-5(2,3)4/h2*1,3-6H,7H2;(H2,1,2,3,4). The van der Waals surface area contributed by atoms with Gasteiger partial charge >= 0.3 is 22.3 Å². The second kappa shape index (κ2) is 9.37. The molecule has 0 bridgehead atoms. The quantitative estimate of drug-likeness (QED) is 0.128. The van der Waals surface area contributed by atoms with Crippen molar-refractivity contribution < 1.29 is 58.4 Å². The molecule has 0 aliphatic heterocycles. The second-order valence-electron chi connectivity index (χ2n) is 2.71. The summed E-state index contributed by atoms with van der Waals surface area (Å²) in [7, 11) is -1.45. The first-order chi connectivity index (χ1) is 7.89. The van der Waals surface area contributed by atoms with Gasteiger partial charge in [0.2, 0.25) is 0 Å². The van der Waals surface area contributed by atoms with Gasteiger partial charge in [-0.25, -0.2) is 0 Å². The number of rotatable bonds is 2. The lowest BCUT2D eigenvalue weighted by atomic mass is 10.6. The van der Waals surface area contributed by atoms with Crippen LogP contribution in [0.25, 0.3) is 0 Å². The van der Waals surface area contributed by atoms with Gasteiger partial charge in [0.1, 0.15) is 11.7 Å². The van der Waals surface area contributed by atoms with Crippen molar-refractivity contribution in [2.24, 2.45) is 0 Å². The number of hydrogen-bond acceptors (Lipinski definition) is 10. The van der Waals surface area contributed by atoms with Crippen LogP contribution in [-0.2, 0) is 10.4 Å². The molecule has 0 aromatic rings. The Labute approximate surface area is 111 Å². The smallest absolute Gasteiger partial charge is 0.381 e. The molecule has 0 heterocycles. The molecule has 15 heteroatoms. The second-order valence-corrected chi connectivity index (χ2v) is 4.87. The van der Waals surface area contributed by atoms with Crippen LogP contribution in [-0.4, -0.2) is 82.0 Å². The highest BCUT2D eigenvalue weighted by atomic mass is 32.3. The maximum atomic E-state index is 8.74. The Balaban J connectivity index is -0.000000206. The van der Waals surface area contributed by atoms with Crippen LogP contribution >= 0.6 is 18.5 Å². The Morgan fingerprint density at radius 2 is 0.789 bits per heavy atom. The zero-order valence-corrected chi connectivity index (χ0v) is 12.1. The summed E-state index contributed by atoms with van der Waals surface area (Å²) in [6, 6.07) is 0. The van der Waals surface area contributed by atoms with Gasteiger partial charge in [-0.3, -0.25) is 9.11 Å². The summed E-state index contributed by atoms with van der Waals surface area (Å²) in [5, 5.41) is 63.8. The first-order valence-electron chi connectivity index (χ1n) is 3.80. The lowest BCUT2D eigenvalue weighted by molar-refractivity contribution is -0.336. The minimum absolute atomic E-state index is 1.61. The van der Waals surface area contributed by atoms with Crippen LogP contribution in [0.3, 0.4) is 0 Å². The molecule has 0 spiro atoms. The molecule has 4 unspecified atom stereocenters. The zero-order chi connectivity index (χ0) is 16.7. The highest BCUT2D eigenvalue weighted by Crippen LogP contribution is 2.07. The molecule has 0 aromatic carbocycles. The number of hydrogen-bond donors (Lipinski definition) is 10. The van der Waals surface area contributed by atoms with Gasteiger partial charge in [-0.2, -0.15) is 8.42 Å². The molecular weight excluding hydrogens is 334 g/mol. The van der Waals surface area contributed by atoms with Gasteiger partial charge < -0.3 is 40.9 Å². The summed E-state index contributed by atoms with van der Waals surface area (Å²) in [6.45, 7) is 0. The predicted octanol–water partition coefficient (Wildman–Crippen LogP) is -5.03. The molecule has 0 aliphatic rings. The Hall–Kier alpha value is 0.410. The Morgan fingerprint density at radius 3 is 0.789 bits per heavy atom. The fraction of sp³-hybridized carbons (Fsp3) is 1.00. The van der Waals surface area contributed by atoms with Crippen molar-refractivity contribution in [1.82, 2.24) is 0 Å². The monoisotopic (exact) mass is 350 g/mol. The van der Waals surface area contributed by atoms with Crippen LogP contribution in [0.1, 0.15) is 0 Å². The van der Waals surface area contributed by atoms with Crippen molar-refractivity contribution in [3.63, 3.8) is 0 Å². The van der Waals surface area contributed by atoms with E-state index in [9.17, 15) is 0 Å². The van der Waals surface area contributed by atoms with Crippen molar-refractivity contribution in [3.8, 4) is 0 Å². The summed E-state index contributed by atoms with van der Waals surface area (Å²) >= 11 is 0. The fourth-order valence-electron chi connectivity index (χ4n) is 0. The van der Waals surface area contributed by atoms with Crippen LogP contribution in [0.15, 0.2) is 0 Å². The third-order valence-electron chi connectivity index (χ3n) is 0.794. The molecular formula is C4H16O12P2S. The molecule has 19 heavy (non-hydrogen) atoms. The van der Waals surface area contributed by atoms with Crippen LogP contribution in [0.2, 0.25) is 0 Å². The number of aliphatic hydroxyl groups is 8. The van der Waals surface area contributed by atoms with Crippen LogP contribution in [0, 0.1) is 0 Å². The van der Waals surface area contributed by atoms with E-state index in [-0.39, 0.29) is 0 Å². The molecule has 0 rings (SSSR count). The minimum Gasteiger partial charge on any atom is -0.381 e. The van der Waals surface area contributed by atoms with Gasteiger partial charge in [-0.05, 0) is 0 Å². The first-order valence-corrected chi connectivity index (χ1v) is 6.53. The topological polar surface area (TPSA) is 236 Å². The summed E-state index contributed by atoms with van der Waals surface area (Å²) in [6.07, 6.45) is 0. The molecule has 120 valence electrons. The molecule has 0 saturated heterocycles. The largest absolute Gasteiger partial charge is 0.394 e. The Morgan fingerprint density at radius 1 is 0.737 bits per heavy atom. The average Bonchev–Trinajstić information content (AvgIpc) is 1.97. The zero-order valence-electron chi connectivity index (χ0n) is 9.01. The van der Waals surface area contributed by atoms with E-state index in [0.717, 1.165) is 0 Å². The maximum absolute atomic E-state index is 8.74. The van der Waals surface area contributed by atoms with E-state index in [1.165, 1.54) is 0 Å². The molecule has 10 N–H and O–H groups in total. The summed E-state index contributed by atoms with van der Waals surface area (Å²) in [4.78, 5) is 0. The van der Waals surface area contributed by atoms with E-state index in [2.05, 4.69) is 0 Å². The third kappa shape index (κ3) is 32.2. The Kier molecular flexibility index (Phi) is 12.0. The van der Waals surface area contributed by atoms with E-state index in [4.69, 9.17) is 58.4 Å². The predicted molar refractivity (Wildman–Crippen MR) is 64.4 cm³/mol. The highest BCUT2D eigenvalue weighted by Gasteiger charge is 2.25. The third-order valence-corrected chi connectivity index (χ3v) is 1.69.